The Morgan fingerprint density at radius 1 is 0.767 bits per heavy atom. The van der Waals surface area contributed by atoms with Gasteiger partial charge in [0.05, 0.1) is 47.0 Å². The number of nitrogens with zero attached hydrogens (tertiary/aromatic N) is 3. The average molecular weight is 479 g/mol. The van der Waals surface area contributed by atoms with Gasteiger partial charge in [0.2, 0.25) is 10.0 Å². The van der Waals surface area contributed by atoms with Crippen LogP contribution in [-0.2, 0) is 10.0 Å². The second-order valence-corrected chi connectivity index (χ2v) is 10.2. The zero-order valence-corrected chi connectivity index (χ0v) is 18.0. The maximum absolute atomic E-state index is 13.8. The minimum Gasteiger partial charge on any atom is -0.633 e. The molecule has 0 saturated heterocycles. The van der Waals surface area contributed by atoms with Gasteiger partial charge in [-0.15, -0.1) is 0 Å². The Morgan fingerprint density at radius 3 is 1.37 bits per heavy atom. The van der Waals surface area contributed by atoms with Crippen LogP contribution in [0.5, 0.6) is 0 Å². The second kappa shape index (κ2) is 9.81. The Labute approximate surface area is 171 Å². The van der Waals surface area contributed by atoms with Crippen molar-refractivity contribution in [1.82, 2.24) is 4.31 Å². The molecule has 0 heterocycles. The topological polar surface area (TPSA) is 83.5 Å². The molecular weight excluding hydrogens is 451 g/mol. The molecule has 0 radical (unpaired) electrons. The fourth-order valence-electron chi connectivity index (χ4n) is 2.49. The van der Waals surface area contributed by atoms with Crippen LogP contribution in [-0.4, -0.2) is 100 Å². The third kappa shape index (κ3) is 9.60. The Morgan fingerprint density at radius 2 is 1.10 bits per heavy atom. The number of hydroxylamine groups is 6. The molecule has 15 heteroatoms. The maximum atomic E-state index is 13.8. The van der Waals surface area contributed by atoms with Crippen LogP contribution in [0, 0.1) is 10.4 Å². The van der Waals surface area contributed by atoms with E-state index in [4.69, 9.17) is 0 Å². The summed E-state index contributed by atoms with van der Waals surface area (Å²) in [5.41, 5.74) is -5.68. The first-order valence-corrected chi connectivity index (χ1v) is 10.5. The predicted octanol–water partition coefficient (Wildman–Crippen LogP) is 2.77. The van der Waals surface area contributed by atoms with Crippen molar-refractivity contribution < 1.29 is 48.4 Å². The number of hydrogen-bond donors (Lipinski definition) is 0. The SMILES string of the molecule is C[N+](C)([O-])CCCN(CCC[N+](C)(C)[O-])S(=O)(=O)CCC(F)(C(F)(F)F)C(F)(F)F. The lowest BCUT2D eigenvalue weighted by molar-refractivity contribution is -0.840. The highest BCUT2D eigenvalue weighted by Gasteiger charge is 2.72. The van der Waals surface area contributed by atoms with Gasteiger partial charge in [-0.1, -0.05) is 0 Å². The molecule has 0 aliphatic carbocycles. The minimum absolute atomic E-state index is 0.0370. The molecule has 0 aliphatic heterocycles. The number of hydrogen-bond acceptors (Lipinski definition) is 4. The molecule has 0 spiro atoms. The van der Waals surface area contributed by atoms with Crippen LogP contribution in [0.1, 0.15) is 19.3 Å². The summed E-state index contributed by atoms with van der Waals surface area (Å²) in [5, 5.41) is 23.2. The molecule has 182 valence electrons. The molecule has 0 bridgehead atoms. The zero-order valence-electron chi connectivity index (χ0n) is 17.2. The molecule has 0 aliphatic rings. The Balaban J connectivity index is 5.46. The van der Waals surface area contributed by atoms with Gasteiger partial charge >= 0.3 is 12.4 Å². The van der Waals surface area contributed by atoms with E-state index >= 15 is 0 Å². The van der Waals surface area contributed by atoms with Crippen molar-refractivity contribution >= 4 is 10.0 Å². The monoisotopic (exact) mass is 479 g/mol. The lowest BCUT2D eigenvalue weighted by Gasteiger charge is -2.36. The summed E-state index contributed by atoms with van der Waals surface area (Å²) in [6, 6.07) is 0. The van der Waals surface area contributed by atoms with Crippen molar-refractivity contribution in [2.24, 2.45) is 0 Å². The van der Waals surface area contributed by atoms with E-state index in [1.807, 2.05) is 0 Å². The van der Waals surface area contributed by atoms with Crippen molar-refractivity contribution in [3.8, 4) is 0 Å². The van der Waals surface area contributed by atoms with Crippen LogP contribution >= 0.6 is 0 Å². The van der Waals surface area contributed by atoms with E-state index in [1.165, 1.54) is 28.2 Å². The van der Waals surface area contributed by atoms with E-state index in [2.05, 4.69) is 0 Å². The van der Waals surface area contributed by atoms with E-state index in [9.17, 15) is 49.6 Å². The van der Waals surface area contributed by atoms with Gasteiger partial charge in [-0.05, 0) is 0 Å². The van der Waals surface area contributed by atoms with Gasteiger partial charge in [-0.2, -0.15) is 26.3 Å². The lowest BCUT2D eigenvalue weighted by atomic mass is 10.0. The smallest absolute Gasteiger partial charge is 0.431 e. The molecule has 0 rings (SSSR count). The summed E-state index contributed by atoms with van der Waals surface area (Å²) < 4.78 is 114. The number of halogens is 7. The highest BCUT2D eigenvalue weighted by Crippen LogP contribution is 2.48. The molecule has 30 heavy (non-hydrogen) atoms. The van der Waals surface area contributed by atoms with E-state index in [1.54, 1.807) is 0 Å². The Hall–Kier alpha value is -0.740. The van der Waals surface area contributed by atoms with E-state index in [0.717, 1.165) is 0 Å². The van der Waals surface area contributed by atoms with E-state index in [-0.39, 0.29) is 39.0 Å². The molecule has 0 aromatic carbocycles. The number of rotatable bonds is 12. The molecule has 0 amide bonds. The lowest BCUT2D eigenvalue weighted by Crippen LogP contribution is -2.54. The third-order valence-corrected chi connectivity index (χ3v) is 6.08. The molecular formula is C15H28F7N3O4S. The van der Waals surface area contributed by atoms with Gasteiger partial charge in [0.1, 0.15) is 0 Å². The van der Waals surface area contributed by atoms with Gasteiger partial charge in [0.15, 0.2) is 0 Å². The van der Waals surface area contributed by atoms with Crippen LogP contribution in [0.4, 0.5) is 30.7 Å². The van der Waals surface area contributed by atoms with Gasteiger partial charge in [0.25, 0.3) is 5.67 Å². The highest BCUT2D eigenvalue weighted by atomic mass is 32.2. The highest BCUT2D eigenvalue weighted by molar-refractivity contribution is 7.89. The van der Waals surface area contributed by atoms with Crippen molar-refractivity contribution in [3.63, 3.8) is 0 Å². The second-order valence-electron chi connectivity index (χ2n) is 8.06. The first-order chi connectivity index (χ1) is 13.0. The minimum atomic E-state index is -6.35. The summed E-state index contributed by atoms with van der Waals surface area (Å²) in [6.45, 7) is -0.883. The van der Waals surface area contributed by atoms with Crippen LogP contribution in [0.15, 0.2) is 0 Å². The normalized spacial score (nSPS) is 15.1. The van der Waals surface area contributed by atoms with Crippen molar-refractivity contribution in [2.75, 3.05) is 60.1 Å². The molecule has 0 atom stereocenters. The predicted molar refractivity (Wildman–Crippen MR) is 95.8 cm³/mol. The van der Waals surface area contributed by atoms with Gasteiger partial charge in [0, 0.05) is 32.4 Å². The molecule has 0 unspecified atom stereocenters. The summed E-state index contributed by atoms with van der Waals surface area (Å²) in [5.74, 6) is -1.74. The van der Waals surface area contributed by atoms with Gasteiger partial charge < -0.3 is 19.7 Å². The summed E-state index contributed by atoms with van der Waals surface area (Å²) in [4.78, 5) is 0. The maximum Gasteiger partial charge on any atom is 0.431 e. The Kier molecular flexibility index (Phi) is 9.57. The number of sulfonamides is 1. The molecule has 0 fully saturated rings. The number of quaternary nitrogens is 2. The van der Waals surface area contributed by atoms with Gasteiger partial charge in [-0.3, -0.25) is 0 Å². The third-order valence-electron chi connectivity index (χ3n) is 4.20. The zero-order chi connectivity index (χ0) is 24.2. The molecule has 0 N–H and O–H groups in total. The molecule has 0 aromatic heterocycles. The van der Waals surface area contributed by atoms with Crippen molar-refractivity contribution in [2.45, 2.75) is 37.3 Å². The fourth-order valence-corrected chi connectivity index (χ4v) is 4.10. The van der Waals surface area contributed by atoms with Gasteiger partial charge in [-0.25, -0.2) is 17.1 Å². The summed E-state index contributed by atoms with van der Waals surface area (Å²) in [7, 11) is 0.321. The average Bonchev–Trinajstić information content (AvgIpc) is 2.46. The Bertz CT molecular complexity index is 607. The first kappa shape index (κ1) is 29.3. The van der Waals surface area contributed by atoms with Crippen LogP contribution in [0.25, 0.3) is 0 Å². The molecule has 0 saturated carbocycles. The fraction of sp³-hybridized carbons (Fsp3) is 1.00. The standard InChI is InChI=1S/C15H28F7N3O4S/c1-24(2,26)10-5-8-23(9-6-11-25(3,4)27)30(28,29)12-7-13(16,14(17,18)19)15(20,21)22/h5-12H2,1-4H3. The van der Waals surface area contributed by atoms with Crippen molar-refractivity contribution in [1.29, 1.82) is 0 Å². The first-order valence-electron chi connectivity index (χ1n) is 8.90. The van der Waals surface area contributed by atoms with Crippen LogP contribution in [0.2, 0.25) is 0 Å². The van der Waals surface area contributed by atoms with E-state index < -0.39 is 49.5 Å². The van der Waals surface area contributed by atoms with Crippen molar-refractivity contribution in [3.05, 3.63) is 10.4 Å². The quantitative estimate of drug-likeness (QED) is 0.245. The number of alkyl halides is 7. The van der Waals surface area contributed by atoms with E-state index in [0.29, 0.717) is 4.31 Å². The van der Waals surface area contributed by atoms with Crippen LogP contribution < -0.4 is 0 Å². The van der Waals surface area contributed by atoms with Crippen LogP contribution in [0.3, 0.4) is 0 Å². The summed E-state index contributed by atoms with van der Waals surface area (Å²) >= 11 is 0. The molecule has 0 aromatic rings. The molecule has 7 nitrogen and oxygen atoms in total. The largest absolute Gasteiger partial charge is 0.633 e. The summed E-state index contributed by atoms with van der Waals surface area (Å²) in [6.07, 6.45) is -15.1.